The van der Waals surface area contributed by atoms with Gasteiger partial charge in [-0.25, -0.2) is 0 Å². The van der Waals surface area contributed by atoms with Crippen LogP contribution < -0.4 is 5.73 Å². The maximum atomic E-state index is 13.2. The number of likely N-dealkylation sites (tertiary alicyclic amines) is 1. The van der Waals surface area contributed by atoms with Gasteiger partial charge < -0.3 is 20.5 Å². The van der Waals surface area contributed by atoms with Crippen molar-refractivity contribution in [2.45, 2.75) is 111 Å². The molecule has 2 bridgehead atoms. The molecule has 1 saturated heterocycles. The summed E-state index contributed by atoms with van der Waals surface area (Å²) < 4.78 is 6.09. The van der Waals surface area contributed by atoms with Gasteiger partial charge in [-0.3, -0.25) is 14.4 Å². The second-order valence-electron chi connectivity index (χ2n) is 14.2. The second-order valence-corrected chi connectivity index (χ2v) is 15.0. The van der Waals surface area contributed by atoms with Gasteiger partial charge in [-0.1, -0.05) is 47.6 Å². The fourth-order valence-corrected chi connectivity index (χ4v) is 8.73. The molecule has 1 amide bonds. The van der Waals surface area contributed by atoms with Gasteiger partial charge in [0, 0.05) is 36.3 Å². The molecule has 41 heavy (non-hydrogen) atoms. The van der Waals surface area contributed by atoms with Crippen LogP contribution in [0.4, 0.5) is 0 Å². The number of thioether (sulfide) groups is 1. The van der Waals surface area contributed by atoms with Crippen molar-refractivity contribution in [1.29, 1.82) is 0 Å². The first kappa shape index (κ1) is 34.1. The number of carbonyl (C=O) groups is 3. The highest BCUT2D eigenvalue weighted by Crippen LogP contribution is 2.68. The van der Waals surface area contributed by atoms with E-state index in [9.17, 15) is 19.5 Å². The Morgan fingerprint density at radius 3 is 2.39 bits per heavy atom. The number of nitrogens with two attached hydrogens (primary N) is 1. The Morgan fingerprint density at radius 1 is 1.20 bits per heavy atom. The van der Waals surface area contributed by atoms with E-state index in [0.29, 0.717) is 24.4 Å². The fraction of sp³-hybridized carbons (Fsp3) is 0.848. The van der Waals surface area contributed by atoms with Crippen LogP contribution in [0.2, 0.25) is 0 Å². The molecule has 0 aromatic carbocycles. The normalized spacial score (nSPS) is 39.5. The summed E-state index contributed by atoms with van der Waals surface area (Å²) in [5.41, 5.74) is 4.60. The summed E-state index contributed by atoms with van der Waals surface area (Å²) in [6.45, 7) is 18.3. The molecule has 9 atom stereocenters. The molecular formula is C33H56N2O5S. The largest absolute Gasteiger partial charge is 0.461 e. The van der Waals surface area contributed by atoms with E-state index in [1.807, 2.05) is 38.0 Å². The Morgan fingerprint density at radius 2 is 1.83 bits per heavy atom. The van der Waals surface area contributed by atoms with E-state index >= 15 is 0 Å². The van der Waals surface area contributed by atoms with Gasteiger partial charge in [-0.05, 0) is 74.4 Å². The Labute approximate surface area is 252 Å². The Kier molecular flexibility index (Phi) is 11.2. The summed E-state index contributed by atoms with van der Waals surface area (Å²) >= 11 is 1.44. The summed E-state index contributed by atoms with van der Waals surface area (Å²) in [4.78, 5) is 39.4. The number of hydrogen-bond acceptors (Lipinski definition) is 7. The molecule has 7 nitrogen and oxygen atoms in total. The first-order valence-electron chi connectivity index (χ1n) is 15.8. The smallest absolute Gasteiger partial charge is 0.316 e. The summed E-state index contributed by atoms with van der Waals surface area (Å²) in [6, 6.07) is -0.307. The lowest BCUT2D eigenvalue weighted by molar-refractivity contribution is -0.205. The van der Waals surface area contributed by atoms with Crippen LogP contribution in [0.3, 0.4) is 0 Å². The number of ether oxygens (including phenoxy) is 1. The molecule has 1 aliphatic heterocycles. The van der Waals surface area contributed by atoms with Gasteiger partial charge in [0.05, 0.1) is 17.9 Å². The minimum Gasteiger partial charge on any atom is -0.461 e. The molecule has 3 N–H and O–H groups in total. The summed E-state index contributed by atoms with van der Waals surface area (Å²) in [7, 11) is 0. The molecule has 3 saturated carbocycles. The lowest BCUT2D eigenvalue weighted by atomic mass is 9.44. The Bertz CT molecular complexity index is 967. The molecule has 234 valence electrons. The van der Waals surface area contributed by atoms with Crippen molar-refractivity contribution in [1.82, 2.24) is 4.90 Å². The van der Waals surface area contributed by atoms with Gasteiger partial charge in [0.1, 0.15) is 11.9 Å². The molecule has 0 spiro atoms. The molecule has 0 aromatic heterocycles. The zero-order chi connectivity index (χ0) is 30.8. The number of carbonyl (C=O) groups excluding carboxylic acids is 3. The summed E-state index contributed by atoms with van der Waals surface area (Å²) in [5, 5.41) is 11.4. The highest BCUT2D eigenvalue weighted by molar-refractivity contribution is 7.99. The Balaban J connectivity index is 0.000000298. The SMILES string of the molecule is C=C[C@]1(C)C[C@@H](OC(=O)CSC)[C@]2(C)C(C)CCC3(CCC(=O)C32)[C@@H](C)C1O.CC(C)C(N)C(=O)N1CCCCC1. The van der Waals surface area contributed by atoms with E-state index in [0.717, 1.165) is 45.2 Å². The van der Waals surface area contributed by atoms with Crippen LogP contribution in [0, 0.1) is 39.9 Å². The lowest BCUT2D eigenvalue weighted by Crippen LogP contribution is -2.63. The average Bonchev–Trinajstić information content (AvgIpc) is 3.31. The number of aliphatic hydroxyl groups is 1. The third-order valence-corrected chi connectivity index (χ3v) is 12.0. The van der Waals surface area contributed by atoms with Crippen LogP contribution >= 0.6 is 11.8 Å². The molecule has 5 unspecified atom stereocenters. The number of piperidine rings is 1. The van der Waals surface area contributed by atoms with Crippen molar-refractivity contribution in [3.8, 4) is 0 Å². The molecule has 8 heteroatoms. The lowest BCUT2D eigenvalue weighted by Gasteiger charge is -2.61. The molecule has 0 aromatic rings. The van der Waals surface area contributed by atoms with Crippen molar-refractivity contribution in [2.24, 2.45) is 45.7 Å². The van der Waals surface area contributed by atoms with Crippen LogP contribution in [0.15, 0.2) is 12.7 Å². The van der Waals surface area contributed by atoms with Crippen LogP contribution in [-0.2, 0) is 19.1 Å². The zero-order valence-corrected chi connectivity index (χ0v) is 27.4. The minimum atomic E-state index is -0.613. The van der Waals surface area contributed by atoms with E-state index in [1.54, 1.807) is 0 Å². The van der Waals surface area contributed by atoms with E-state index < -0.39 is 23.0 Å². The van der Waals surface area contributed by atoms with E-state index in [4.69, 9.17) is 10.5 Å². The predicted molar refractivity (Wildman–Crippen MR) is 166 cm³/mol. The summed E-state index contributed by atoms with van der Waals surface area (Å²) in [6.07, 6.45) is 10.1. The third kappa shape index (κ3) is 6.45. The van der Waals surface area contributed by atoms with Crippen molar-refractivity contribution >= 4 is 29.4 Å². The number of nitrogens with zero attached hydrogens (tertiary/aromatic N) is 1. The van der Waals surface area contributed by atoms with Gasteiger partial charge in [-0.2, -0.15) is 11.8 Å². The molecule has 4 rings (SSSR count). The van der Waals surface area contributed by atoms with E-state index in [-0.39, 0.29) is 47.0 Å². The number of ketones is 1. The highest BCUT2D eigenvalue weighted by Gasteiger charge is 2.68. The first-order chi connectivity index (χ1) is 19.2. The topological polar surface area (TPSA) is 110 Å². The van der Waals surface area contributed by atoms with Crippen molar-refractivity contribution in [3.05, 3.63) is 12.7 Å². The number of rotatable bonds is 6. The molecule has 4 aliphatic rings. The first-order valence-corrected chi connectivity index (χ1v) is 17.2. The maximum absolute atomic E-state index is 13.2. The monoisotopic (exact) mass is 592 g/mol. The minimum absolute atomic E-state index is 0.00150. The maximum Gasteiger partial charge on any atom is 0.316 e. The van der Waals surface area contributed by atoms with Crippen LogP contribution in [0.5, 0.6) is 0 Å². The van der Waals surface area contributed by atoms with Gasteiger partial charge in [0.25, 0.3) is 0 Å². The fourth-order valence-electron chi connectivity index (χ4n) is 8.42. The van der Waals surface area contributed by atoms with Gasteiger partial charge >= 0.3 is 5.97 Å². The van der Waals surface area contributed by atoms with E-state index in [2.05, 4.69) is 27.4 Å². The van der Waals surface area contributed by atoms with Crippen LogP contribution in [-0.4, -0.2) is 71.0 Å². The molecule has 3 aliphatic carbocycles. The molecule has 4 fully saturated rings. The summed E-state index contributed by atoms with van der Waals surface area (Å²) in [5.74, 6) is 0.856. The van der Waals surface area contributed by atoms with Gasteiger partial charge in [0.2, 0.25) is 5.91 Å². The second kappa shape index (κ2) is 13.5. The van der Waals surface area contributed by atoms with Crippen molar-refractivity contribution < 1.29 is 24.2 Å². The van der Waals surface area contributed by atoms with Crippen LogP contribution in [0.25, 0.3) is 0 Å². The quantitative estimate of drug-likeness (QED) is 0.321. The standard InChI is InChI=1S/C23H36O4S.C10H20N2O/c1-7-21(4)12-17(27-18(25)13-28-6)22(5)14(2)8-10-23(15(3)20(21)26)11-9-16(24)19(22)23;1-8(2)9(11)10(13)12-6-4-3-5-7-12/h7,14-15,17,19-20,26H,1,8-13H2,2-6H3;8-9H,3-7,11H2,1-2H3/t14?,15-,17+,19?,20?,21+,22-,23?;/m0./s1. The molecule has 1 heterocycles. The molecular weight excluding hydrogens is 536 g/mol. The van der Waals surface area contributed by atoms with Gasteiger partial charge in [0.15, 0.2) is 0 Å². The van der Waals surface area contributed by atoms with Crippen LogP contribution in [0.1, 0.15) is 92.9 Å². The average molecular weight is 593 g/mol. The van der Waals surface area contributed by atoms with Crippen molar-refractivity contribution in [2.75, 3.05) is 25.1 Å². The molecule has 0 radical (unpaired) electrons. The number of esters is 1. The van der Waals surface area contributed by atoms with Crippen molar-refractivity contribution in [3.63, 3.8) is 0 Å². The number of aliphatic hydroxyl groups excluding tert-OH is 1. The number of amides is 1. The number of Topliss-reactive ketones (excluding diaryl/α,β-unsaturated/α-hetero) is 1. The van der Waals surface area contributed by atoms with E-state index in [1.165, 1.54) is 18.2 Å². The predicted octanol–water partition coefficient (Wildman–Crippen LogP) is 5.24. The highest BCUT2D eigenvalue weighted by atomic mass is 32.2. The third-order valence-electron chi connectivity index (χ3n) is 11.5. The zero-order valence-electron chi connectivity index (χ0n) is 26.6. The van der Waals surface area contributed by atoms with Gasteiger partial charge in [-0.15, -0.1) is 6.58 Å². The number of hydrogen-bond donors (Lipinski definition) is 2. The Hall–Kier alpha value is -1.38.